The van der Waals surface area contributed by atoms with Crippen LogP contribution in [0, 0.1) is 6.92 Å². The molecule has 1 aliphatic rings. The lowest BCUT2D eigenvalue weighted by Crippen LogP contribution is -2.49. The first-order valence-electron chi connectivity index (χ1n) is 10.6. The van der Waals surface area contributed by atoms with Crippen molar-refractivity contribution >= 4 is 12.0 Å². The molecular weight excluding hydrogens is 368 g/mol. The fourth-order valence-corrected chi connectivity index (χ4v) is 4.13. The topological polar surface area (TPSA) is 23.6 Å². The van der Waals surface area contributed by atoms with Crippen molar-refractivity contribution in [2.24, 2.45) is 0 Å². The van der Waals surface area contributed by atoms with Gasteiger partial charge in [0.25, 0.3) is 0 Å². The summed E-state index contributed by atoms with van der Waals surface area (Å²) >= 11 is 0. The minimum atomic E-state index is 0.0916. The van der Waals surface area contributed by atoms with Crippen molar-refractivity contribution in [3.05, 3.63) is 113 Å². The van der Waals surface area contributed by atoms with Crippen LogP contribution in [0.3, 0.4) is 0 Å². The van der Waals surface area contributed by atoms with E-state index in [4.69, 9.17) is 0 Å². The summed E-state index contributed by atoms with van der Waals surface area (Å²) in [6.07, 6.45) is 3.64. The SMILES string of the molecule is Cc1ccccc1/C=C/C(=O)N1CCN(C(c2ccccc2)c2ccccc2)CC1. The van der Waals surface area contributed by atoms with Gasteiger partial charge in [-0.25, -0.2) is 0 Å². The molecule has 1 saturated heterocycles. The first-order valence-corrected chi connectivity index (χ1v) is 10.6. The molecule has 0 radical (unpaired) electrons. The van der Waals surface area contributed by atoms with Crippen LogP contribution in [0.25, 0.3) is 6.08 Å². The van der Waals surface area contributed by atoms with E-state index in [9.17, 15) is 4.79 Å². The quantitative estimate of drug-likeness (QED) is 0.570. The molecule has 0 unspecified atom stereocenters. The van der Waals surface area contributed by atoms with E-state index in [0.717, 1.165) is 31.7 Å². The molecular formula is C27H28N2O. The molecule has 3 aromatic carbocycles. The van der Waals surface area contributed by atoms with E-state index in [1.54, 1.807) is 6.08 Å². The molecule has 30 heavy (non-hydrogen) atoms. The number of rotatable bonds is 5. The van der Waals surface area contributed by atoms with Crippen LogP contribution in [0.4, 0.5) is 0 Å². The maximum Gasteiger partial charge on any atom is 0.246 e. The molecule has 0 N–H and O–H groups in total. The van der Waals surface area contributed by atoms with Crippen LogP contribution in [0.1, 0.15) is 28.3 Å². The molecule has 0 saturated carbocycles. The van der Waals surface area contributed by atoms with Gasteiger partial charge >= 0.3 is 0 Å². The second-order valence-electron chi connectivity index (χ2n) is 7.78. The molecule has 0 spiro atoms. The Morgan fingerprint density at radius 1 is 0.767 bits per heavy atom. The molecule has 0 bridgehead atoms. The van der Waals surface area contributed by atoms with Crippen molar-refractivity contribution in [2.45, 2.75) is 13.0 Å². The molecule has 0 atom stereocenters. The smallest absolute Gasteiger partial charge is 0.246 e. The lowest BCUT2D eigenvalue weighted by atomic mass is 9.96. The molecule has 0 aromatic heterocycles. The lowest BCUT2D eigenvalue weighted by Gasteiger charge is -2.39. The van der Waals surface area contributed by atoms with E-state index >= 15 is 0 Å². The number of carbonyl (C=O) groups excluding carboxylic acids is 1. The van der Waals surface area contributed by atoms with E-state index in [1.807, 2.05) is 29.2 Å². The van der Waals surface area contributed by atoms with Gasteiger partial charge in [0.2, 0.25) is 5.91 Å². The van der Waals surface area contributed by atoms with Crippen LogP contribution in [0.15, 0.2) is 91.0 Å². The van der Waals surface area contributed by atoms with E-state index in [2.05, 4.69) is 78.6 Å². The first-order chi connectivity index (χ1) is 14.7. The van der Waals surface area contributed by atoms with Gasteiger partial charge in [0.15, 0.2) is 0 Å². The minimum absolute atomic E-state index is 0.0916. The van der Waals surface area contributed by atoms with E-state index in [-0.39, 0.29) is 11.9 Å². The van der Waals surface area contributed by atoms with Gasteiger partial charge in [0.05, 0.1) is 6.04 Å². The molecule has 152 valence electrons. The molecule has 3 aromatic rings. The summed E-state index contributed by atoms with van der Waals surface area (Å²) in [6.45, 7) is 5.27. The summed E-state index contributed by atoms with van der Waals surface area (Å²) in [5.41, 5.74) is 4.86. The van der Waals surface area contributed by atoms with Crippen molar-refractivity contribution in [1.29, 1.82) is 0 Å². The van der Waals surface area contributed by atoms with Crippen molar-refractivity contribution < 1.29 is 4.79 Å². The fourth-order valence-electron chi connectivity index (χ4n) is 4.13. The van der Waals surface area contributed by atoms with Crippen molar-refractivity contribution in [2.75, 3.05) is 26.2 Å². The Bertz CT molecular complexity index is 950. The summed E-state index contributed by atoms with van der Waals surface area (Å²) < 4.78 is 0. The van der Waals surface area contributed by atoms with Crippen molar-refractivity contribution in [3.63, 3.8) is 0 Å². The number of carbonyl (C=O) groups is 1. The highest BCUT2D eigenvalue weighted by atomic mass is 16.2. The van der Waals surface area contributed by atoms with Gasteiger partial charge in [-0.3, -0.25) is 9.69 Å². The van der Waals surface area contributed by atoms with E-state index in [0.29, 0.717) is 0 Å². The molecule has 1 amide bonds. The lowest BCUT2D eigenvalue weighted by molar-refractivity contribution is -0.127. The van der Waals surface area contributed by atoms with Gasteiger partial charge in [-0.05, 0) is 35.3 Å². The summed E-state index contributed by atoms with van der Waals surface area (Å²) in [5.74, 6) is 0.0916. The predicted molar refractivity (Wildman–Crippen MR) is 123 cm³/mol. The largest absolute Gasteiger partial charge is 0.337 e. The number of hydrogen-bond donors (Lipinski definition) is 0. The number of benzene rings is 3. The Labute approximate surface area is 179 Å². The van der Waals surface area contributed by atoms with Gasteiger partial charge in [0.1, 0.15) is 0 Å². The Morgan fingerprint density at radius 3 is 1.87 bits per heavy atom. The van der Waals surface area contributed by atoms with Gasteiger partial charge in [0, 0.05) is 32.3 Å². The normalized spacial score (nSPS) is 15.1. The van der Waals surface area contributed by atoms with Gasteiger partial charge in [-0.15, -0.1) is 0 Å². The highest BCUT2D eigenvalue weighted by Gasteiger charge is 2.27. The van der Waals surface area contributed by atoms with Gasteiger partial charge < -0.3 is 4.90 Å². The number of aryl methyl sites for hydroxylation is 1. The average Bonchev–Trinajstić information content (AvgIpc) is 2.80. The number of nitrogens with zero attached hydrogens (tertiary/aromatic N) is 2. The second-order valence-corrected chi connectivity index (χ2v) is 7.78. The van der Waals surface area contributed by atoms with Crippen LogP contribution in [0.5, 0.6) is 0 Å². The number of amides is 1. The summed E-state index contributed by atoms with van der Waals surface area (Å²) in [4.78, 5) is 17.2. The highest BCUT2D eigenvalue weighted by Crippen LogP contribution is 2.29. The van der Waals surface area contributed by atoms with Crippen molar-refractivity contribution in [1.82, 2.24) is 9.80 Å². The number of hydrogen-bond acceptors (Lipinski definition) is 2. The van der Waals surface area contributed by atoms with E-state index < -0.39 is 0 Å². The molecule has 0 aliphatic carbocycles. The van der Waals surface area contributed by atoms with Crippen LogP contribution in [-0.4, -0.2) is 41.9 Å². The summed E-state index contributed by atoms with van der Waals surface area (Å²) in [7, 11) is 0. The van der Waals surface area contributed by atoms with Crippen LogP contribution >= 0.6 is 0 Å². The maximum absolute atomic E-state index is 12.7. The Morgan fingerprint density at radius 2 is 1.30 bits per heavy atom. The summed E-state index contributed by atoms with van der Waals surface area (Å²) in [5, 5.41) is 0. The Balaban J connectivity index is 1.44. The second kappa shape index (κ2) is 9.55. The standard InChI is InChI=1S/C27H28N2O/c1-22-10-8-9-11-23(22)16-17-26(30)28-18-20-29(21-19-28)27(24-12-4-2-5-13-24)25-14-6-3-7-15-25/h2-17,27H,18-21H2,1H3/b17-16+. The Hall–Kier alpha value is -3.17. The molecule has 1 fully saturated rings. The zero-order chi connectivity index (χ0) is 20.8. The fraction of sp³-hybridized carbons (Fsp3) is 0.222. The van der Waals surface area contributed by atoms with Crippen LogP contribution in [0.2, 0.25) is 0 Å². The average molecular weight is 397 g/mol. The van der Waals surface area contributed by atoms with Gasteiger partial charge in [-0.2, -0.15) is 0 Å². The molecule has 3 heteroatoms. The number of piperazine rings is 1. The van der Waals surface area contributed by atoms with Crippen molar-refractivity contribution in [3.8, 4) is 0 Å². The zero-order valence-corrected chi connectivity index (χ0v) is 17.4. The first kappa shape index (κ1) is 20.1. The highest BCUT2D eigenvalue weighted by molar-refractivity contribution is 5.92. The Kier molecular flexibility index (Phi) is 6.41. The maximum atomic E-state index is 12.7. The minimum Gasteiger partial charge on any atom is -0.337 e. The monoisotopic (exact) mass is 396 g/mol. The molecule has 1 aliphatic heterocycles. The molecule has 3 nitrogen and oxygen atoms in total. The third-order valence-electron chi connectivity index (χ3n) is 5.82. The predicted octanol–water partition coefficient (Wildman–Crippen LogP) is 4.94. The summed E-state index contributed by atoms with van der Waals surface area (Å²) in [6, 6.07) is 29.6. The van der Waals surface area contributed by atoms with Crippen LogP contribution in [-0.2, 0) is 4.79 Å². The zero-order valence-electron chi connectivity index (χ0n) is 17.4. The van der Waals surface area contributed by atoms with Crippen LogP contribution < -0.4 is 0 Å². The third kappa shape index (κ3) is 4.69. The molecule has 4 rings (SSSR count). The van der Waals surface area contributed by atoms with Gasteiger partial charge in [-0.1, -0.05) is 84.9 Å². The third-order valence-corrected chi connectivity index (χ3v) is 5.82. The molecule has 1 heterocycles. The van der Waals surface area contributed by atoms with E-state index in [1.165, 1.54) is 16.7 Å².